The van der Waals surface area contributed by atoms with Crippen LogP contribution in [0.1, 0.15) is 84.0 Å². The lowest BCUT2D eigenvalue weighted by molar-refractivity contribution is -0.0731. The molecule has 0 aromatic rings. The number of nitrogens with one attached hydrogen (secondary N) is 1. The summed E-state index contributed by atoms with van der Waals surface area (Å²) >= 11 is 0. The van der Waals surface area contributed by atoms with E-state index in [1.807, 2.05) is 0 Å². The summed E-state index contributed by atoms with van der Waals surface area (Å²) in [6.45, 7) is 2.37. The standard InChI is InChI=1S/C19H35NO/c1-3-15-7-8-18(20-2)16(13-15)14-17-9-12-19(21-17)10-5-4-6-11-19/h15-18,20H,3-14H2,1-2H3. The lowest BCUT2D eigenvalue weighted by Crippen LogP contribution is -2.40. The van der Waals surface area contributed by atoms with Crippen LogP contribution in [0.15, 0.2) is 0 Å². The highest BCUT2D eigenvalue weighted by molar-refractivity contribution is 4.93. The molecule has 3 aliphatic rings. The van der Waals surface area contributed by atoms with Crippen molar-refractivity contribution in [1.82, 2.24) is 5.32 Å². The smallest absolute Gasteiger partial charge is 0.0687 e. The lowest BCUT2D eigenvalue weighted by atomic mass is 9.74. The van der Waals surface area contributed by atoms with E-state index in [9.17, 15) is 0 Å². The van der Waals surface area contributed by atoms with Gasteiger partial charge in [0.2, 0.25) is 0 Å². The van der Waals surface area contributed by atoms with Crippen molar-refractivity contribution in [3.8, 4) is 0 Å². The van der Waals surface area contributed by atoms with Crippen LogP contribution in [0.5, 0.6) is 0 Å². The van der Waals surface area contributed by atoms with E-state index in [2.05, 4.69) is 19.3 Å². The van der Waals surface area contributed by atoms with Crippen molar-refractivity contribution >= 4 is 0 Å². The van der Waals surface area contributed by atoms with Gasteiger partial charge in [0.25, 0.3) is 0 Å². The van der Waals surface area contributed by atoms with Gasteiger partial charge in [-0.1, -0.05) is 32.6 Å². The molecule has 2 heteroatoms. The Hall–Kier alpha value is -0.0800. The highest BCUT2D eigenvalue weighted by Gasteiger charge is 2.42. The molecule has 21 heavy (non-hydrogen) atoms. The molecule has 4 atom stereocenters. The molecule has 1 aliphatic heterocycles. The van der Waals surface area contributed by atoms with Gasteiger partial charge < -0.3 is 10.1 Å². The fourth-order valence-electron chi connectivity index (χ4n) is 5.34. The Bertz CT molecular complexity index is 324. The molecule has 0 aromatic carbocycles. The minimum atomic E-state index is 0.302. The summed E-state index contributed by atoms with van der Waals surface area (Å²) in [6.07, 6.45) is 17.0. The zero-order valence-electron chi connectivity index (χ0n) is 14.2. The summed E-state index contributed by atoms with van der Waals surface area (Å²) in [4.78, 5) is 0. The van der Waals surface area contributed by atoms with Gasteiger partial charge in [-0.2, -0.15) is 0 Å². The Labute approximate surface area is 131 Å². The third-order valence-corrected chi connectivity index (χ3v) is 6.71. The molecule has 0 bridgehead atoms. The first kappa shape index (κ1) is 15.8. The Balaban J connectivity index is 1.55. The molecule has 0 aromatic heterocycles. The van der Waals surface area contributed by atoms with Crippen molar-refractivity contribution in [2.45, 2.75) is 102 Å². The molecule has 1 heterocycles. The van der Waals surface area contributed by atoms with Crippen molar-refractivity contribution in [3.05, 3.63) is 0 Å². The second-order valence-electron chi connectivity index (χ2n) is 8.00. The first-order valence-corrected chi connectivity index (χ1v) is 9.60. The van der Waals surface area contributed by atoms with E-state index in [4.69, 9.17) is 4.74 Å². The fourth-order valence-corrected chi connectivity index (χ4v) is 5.34. The van der Waals surface area contributed by atoms with Gasteiger partial charge in [0.1, 0.15) is 0 Å². The predicted octanol–water partition coefficient (Wildman–Crippen LogP) is 4.67. The van der Waals surface area contributed by atoms with E-state index in [1.165, 1.54) is 77.0 Å². The Morgan fingerprint density at radius 1 is 1.05 bits per heavy atom. The van der Waals surface area contributed by atoms with Gasteiger partial charge >= 0.3 is 0 Å². The van der Waals surface area contributed by atoms with Crippen LogP contribution < -0.4 is 5.32 Å². The molecule has 1 spiro atoms. The maximum atomic E-state index is 6.63. The van der Waals surface area contributed by atoms with E-state index < -0.39 is 0 Å². The zero-order valence-corrected chi connectivity index (χ0v) is 14.2. The Morgan fingerprint density at radius 2 is 1.86 bits per heavy atom. The molecular formula is C19H35NO. The summed E-state index contributed by atoms with van der Waals surface area (Å²) in [5.74, 6) is 1.81. The van der Waals surface area contributed by atoms with E-state index >= 15 is 0 Å². The van der Waals surface area contributed by atoms with Gasteiger partial charge in [-0.25, -0.2) is 0 Å². The normalized spacial score (nSPS) is 39.7. The van der Waals surface area contributed by atoms with E-state index in [1.54, 1.807) is 0 Å². The van der Waals surface area contributed by atoms with Gasteiger partial charge in [-0.15, -0.1) is 0 Å². The SMILES string of the molecule is CCC1CCC(NC)C(CC2CCC3(CCCCC3)O2)C1. The van der Waals surface area contributed by atoms with Crippen molar-refractivity contribution in [3.63, 3.8) is 0 Å². The highest BCUT2D eigenvalue weighted by Crippen LogP contribution is 2.44. The zero-order chi connectivity index (χ0) is 14.7. The third-order valence-electron chi connectivity index (χ3n) is 6.71. The number of hydrogen-bond acceptors (Lipinski definition) is 2. The first-order valence-electron chi connectivity index (χ1n) is 9.60. The van der Waals surface area contributed by atoms with Crippen molar-refractivity contribution in [1.29, 1.82) is 0 Å². The molecule has 2 nitrogen and oxygen atoms in total. The number of rotatable bonds is 4. The molecule has 3 rings (SSSR count). The largest absolute Gasteiger partial charge is 0.372 e. The molecule has 1 N–H and O–H groups in total. The molecule has 2 saturated carbocycles. The van der Waals surface area contributed by atoms with Gasteiger partial charge in [0, 0.05) is 6.04 Å². The summed E-state index contributed by atoms with van der Waals surface area (Å²) in [7, 11) is 2.15. The van der Waals surface area contributed by atoms with Crippen LogP contribution in [-0.2, 0) is 4.74 Å². The average molecular weight is 293 g/mol. The van der Waals surface area contributed by atoms with E-state index in [0.717, 1.165) is 17.9 Å². The second-order valence-corrected chi connectivity index (χ2v) is 8.00. The highest BCUT2D eigenvalue weighted by atomic mass is 16.5. The Morgan fingerprint density at radius 3 is 2.57 bits per heavy atom. The van der Waals surface area contributed by atoms with E-state index in [-0.39, 0.29) is 0 Å². The molecule has 0 radical (unpaired) electrons. The van der Waals surface area contributed by atoms with Gasteiger partial charge in [-0.3, -0.25) is 0 Å². The summed E-state index contributed by atoms with van der Waals surface area (Å²) < 4.78 is 6.63. The topological polar surface area (TPSA) is 21.3 Å². The van der Waals surface area contributed by atoms with Crippen molar-refractivity contribution in [2.75, 3.05) is 7.05 Å². The Kier molecular flexibility index (Phi) is 5.27. The van der Waals surface area contributed by atoms with Crippen LogP contribution >= 0.6 is 0 Å². The fraction of sp³-hybridized carbons (Fsp3) is 1.00. The van der Waals surface area contributed by atoms with Crippen molar-refractivity contribution < 1.29 is 4.74 Å². The molecule has 4 unspecified atom stereocenters. The maximum Gasteiger partial charge on any atom is 0.0687 e. The molecule has 1 saturated heterocycles. The summed E-state index contributed by atoms with van der Waals surface area (Å²) in [5, 5.41) is 3.59. The van der Waals surface area contributed by atoms with Crippen LogP contribution in [0.4, 0.5) is 0 Å². The van der Waals surface area contributed by atoms with Gasteiger partial charge in [0.15, 0.2) is 0 Å². The molecular weight excluding hydrogens is 258 g/mol. The maximum absolute atomic E-state index is 6.63. The molecule has 2 aliphatic carbocycles. The first-order chi connectivity index (χ1) is 10.2. The minimum absolute atomic E-state index is 0.302. The van der Waals surface area contributed by atoms with Gasteiger partial charge in [0.05, 0.1) is 11.7 Å². The predicted molar refractivity (Wildman–Crippen MR) is 88.5 cm³/mol. The lowest BCUT2D eigenvalue weighted by Gasteiger charge is -2.38. The van der Waals surface area contributed by atoms with Crippen LogP contribution in [0.3, 0.4) is 0 Å². The van der Waals surface area contributed by atoms with Crippen LogP contribution in [0.2, 0.25) is 0 Å². The van der Waals surface area contributed by atoms with Gasteiger partial charge in [-0.05, 0) is 70.3 Å². The summed E-state index contributed by atoms with van der Waals surface area (Å²) in [6, 6.07) is 0.735. The molecule has 3 fully saturated rings. The monoisotopic (exact) mass is 293 g/mol. The van der Waals surface area contributed by atoms with Crippen LogP contribution in [0.25, 0.3) is 0 Å². The van der Waals surface area contributed by atoms with E-state index in [0.29, 0.717) is 11.7 Å². The quantitative estimate of drug-likeness (QED) is 0.813. The average Bonchev–Trinajstić information content (AvgIpc) is 2.90. The third kappa shape index (κ3) is 3.64. The van der Waals surface area contributed by atoms with Crippen molar-refractivity contribution in [2.24, 2.45) is 11.8 Å². The van der Waals surface area contributed by atoms with Crippen LogP contribution in [0, 0.1) is 11.8 Å². The minimum Gasteiger partial charge on any atom is -0.372 e. The number of ether oxygens (including phenoxy) is 1. The number of hydrogen-bond donors (Lipinski definition) is 1. The molecule has 122 valence electrons. The second kappa shape index (κ2) is 7.00. The summed E-state index contributed by atoms with van der Waals surface area (Å²) in [5.41, 5.74) is 0.302. The molecule has 0 amide bonds. The van der Waals surface area contributed by atoms with Crippen LogP contribution in [-0.4, -0.2) is 24.8 Å².